The summed E-state index contributed by atoms with van der Waals surface area (Å²) >= 11 is 0. The van der Waals surface area contributed by atoms with Crippen LogP contribution in [0.25, 0.3) is 0 Å². The average Bonchev–Trinajstić information content (AvgIpc) is 3.17. The number of ether oxygens (including phenoxy) is 1. The Balaban J connectivity index is 1.93. The zero-order valence-electron chi connectivity index (χ0n) is 10.9. The van der Waals surface area contributed by atoms with Gasteiger partial charge in [0.15, 0.2) is 5.96 Å². The molecule has 2 aliphatic rings. The lowest BCUT2D eigenvalue weighted by Crippen LogP contribution is -2.48. The van der Waals surface area contributed by atoms with Crippen LogP contribution in [-0.4, -0.2) is 30.6 Å². The number of guanidine groups is 1. The summed E-state index contributed by atoms with van der Waals surface area (Å²) < 4.78 is 5.21. The molecule has 3 rings (SSSR count). The minimum atomic E-state index is -0.0997. The highest BCUT2D eigenvalue weighted by Gasteiger charge is 2.46. The molecule has 1 aromatic rings. The van der Waals surface area contributed by atoms with E-state index >= 15 is 0 Å². The molecule has 2 N–H and O–H groups in total. The van der Waals surface area contributed by atoms with Crippen LogP contribution in [0.2, 0.25) is 0 Å². The Bertz CT molecular complexity index is 478. The maximum absolute atomic E-state index is 6.04. The fourth-order valence-corrected chi connectivity index (χ4v) is 2.74. The van der Waals surface area contributed by atoms with E-state index < -0.39 is 0 Å². The molecule has 1 aliphatic heterocycles. The van der Waals surface area contributed by atoms with Crippen molar-refractivity contribution in [1.29, 1.82) is 0 Å². The van der Waals surface area contributed by atoms with Crippen LogP contribution in [0.5, 0.6) is 5.75 Å². The third kappa shape index (κ3) is 1.64. The number of nitrogens with zero attached hydrogens (tertiary/aromatic N) is 2. The van der Waals surface area contributed by atoms with Crippen LogP contribution in [0.15, 0.2) is 29.3 Å². The molecule has 96 valence electrons. The molecule has 1 saturated carbocycles. The SMILES string of the molecule is COc1ccc(C2(C)CN=C(N)N2C2CC2)cc1. The molecule has 1 atom stereocenters. The van der Waals surface area contributed by atoms with Gasteiger partial charge >= 0.3 is 0 Å². The lowest BCUT2D eigenvalue weighted by Gasteiger charge is -2.37. The van der Waals surface area contributed by atoms with Gasteiger partial charge in [-0.1, -0.05) is 12.1 Å². The Morgan fingerprint density at radius 3 is 2.56 bits per heavy atom. The summed E-state index contributed by atoms with van der Waals surface area (Å²) in [5.41, 5.74) is 7.19. The standard InChI is InChI=1S/C14H19N3O/c1-14(10-3-7-12(18-2)8-4-10)9-16-13(15)17(14)11-5-6-11/h3-4,7-8,11H,5-6,9H2,1-2H3,(H2,15,16). The summed E-state index contributed by atoms with van der Waals surface area (Å²) in [5.74, 6) is 1.57. The molecule has 1 fully saturated rings. The monoisotopic (exact) mass is 245 g/mol. The molecular formula is C14H19N3O. The zero-order chi connectivity index (χ0) is 12.8. The first-order chi connectivity index (χ1) is 8.65. The molecule has 0 aromatic heterocycles. The van der Waals surface area contributed by atoms with Crippen LogP contribution in [-0.2, 0) is 5.54 Å². The quantitative estimate of drug-likeness (QED) is 0.882. The van der Waals surface area contributed by atoms with Crippen molar-refractivity contribution in [2.45, 2.75) is 31.3 Å². The van der Waals surface area contributed by atoms with Crippen molar-refractivity contribution in [3.8, 4) is 5.75 Å². The molecule has 4 heteroatoms. The van der Waals surface area contributed by atoms with E-state index in [0.717, 1.165) is 12.3 Å². The van der Waals surface area contributed by atoms with Crippen molar-refractivity contribution >= 4 is 5.96 Å². The zero-order valence-corrected chi connectivity index (χ0v) is 10.9. The van der Waals surface area contributed by atoms with Crippen LogP contribution in [0, 0.1) is 0 Å². The van der Waals surface area contributed by atoms with E-state index in [4.69, 9.17) is 10.5 Å². The van der Waals surface area contributed by atoms with Gasteiger partial charge in [-0.2, -0.15) is 0 Å². The van der Waals surface area contributed by atoms with E-state index in [1.807, 2.05) is 12.1 Å². The molecule has 0 saturated heterocycles. The van der Waals surface area contributed by atoms with Gasteiger partial charge in [-0.3, -0.25) is 4.99 Å². The summed E-state index contributed by atoms with van der Waals surface area (Å²) in [5, 5.41) is 0. The normalized spacial score (nSPS) is 27.2. The first-order valence-corrected chi connectivity index (χ1v) is 6.39. The van der Waals surface area contributed by atoms with Gasteiger partial charge in [-0.15, -0.1) is 0 Å². The molecule has 4 nitrogen and oxygen atoms in total. The van der Waals surface area contributed by atoms with Crippen molar-refractivity contribution in [2.75, 3.05) is 13.7 Å². The van der Waals surface area contributed by atoms with E-state index in [2.05, 4.69) is 28.9 Å². The van der Waals surface area contributed by atoms with Crippen molar-refractivity contribution in [2.24, 2.45) is 10.7 Å². The Morgan fingerprint density at radius 2 is 2.00 bits per heavy atom. The van der Waals surface area contributed by atoms with Gasteiger partial charge in [-0.05, 0) is 37.5 Å². The summed E-state index contributed by atoms with van der Waals surface area (Å²) in [6.07, 6.45) is 2.45. The van der Waals surface area contributed by atoms with Gasteiger partial charge in [0.25, 0.3) is 0 Å². The predicted octanol–water partition coefficient (Wildman–Crippen LogP) is 1.70. The number of methoxy groups -OCH3 is 1. The Labute approximate surface area is 107 Å². The third-order valence-corrected chi connectivity index (χ3v) is 3.95. The molecule has 1 heterocycles. The lowest BCUT2D eigenvalue weighted by atomic mass is 9.91. The highest BCUT2D eigenvalue weighted by molar-refractivity contribution is 5.82. The maximum Gasteiger partial charge on any atom is 0.192 e. The molecular weight excluding hydrogens is 226 g/mol. The molecule has 1 unspecified atom stereocenters. The molecule has 0 amide bonds. The van der Waals surface area contributed by atoms with Gasteiger partial charge in [0.05, 0.1) is 19.2 Å². The Hall–Kier alpha value is -1.71. The number of benzene rings is 1. The largest absolute Gasteiger partial charge is 0.497 e. The second-order valence-electron chi connectivity index (χ2n) is 5.28. The lowest BCUT2D eigenvalue weighted by molar-refractivity contribution is 0.216. The van der Waals surface area contributed by atoms with Gasteiger partial charge in [0, 0.05) is 6.04 Å². The number of aliphatic imine (C=N–C) groups is 1. The van der Waals surface area contributed by atoms with Crippen molar-refractivity contribution in [1.82, 2.24) is 4.90 Å². The second-order valence-corrected chi connectivity index (χ2v) is 5.28. The van der Waals surface area contributed by atoms with Crippen LogP contribution >= 0.6 is 0 Å². The van der Waals surface area contributed by atoms with Crippen LogP contribution in [0.1, 0.15) is 25.3 Å². The smallest absolute Gasteiger partial charge is 0.192 e. The number of hydrogen-bond donors (Lipinski definition) is 1. The van der Waals surface area contributed by atoms with Crippen molar-refractivity contribution < 1.29 is 4.74 Å². The number of hydrogen-bond acceptors (Lipinski definition) is 4. The minimum Gasteiger partial charge on any atom is -0.497 e. The summed E-state index contributed by atoms with van der Waals surface area (Å²) in [6.45, 7) is 2.96. The van der Waals surface area contributed by atoms with E-state index in [0.29, 0.717) is 12.0 Å². The van der Waals surface area contributed by atoms with E-state index in [9.17, 15) is 0 Å². The second kappa shape index (κ2) is 3.90. The van der Waals surface area contributed by atoms with E-state index in [1.165, 1.54) is 18.4 Å². The number of rotatable bonds is 3. The molecule has 0 bridgehead atoms. The number of nitrogens with two attached hydrogens (primary N) is 1. The maximum atomic E-state index is 6.04. The predicted molar refractivity (Wildman–Crippen MR) is 71.7 cm³/mol. The van der Waals surface area contributed by atoms with Crippen LogP contribution in [0.3, 0.4) is 0 Å². The third-order valence-electron chi connectivity index (χ3n) is 3.95. The van der Waals surface area contributed by atoms with Gasteiger partial charge in [-0.25, -0.2) is 0 Å². The fraction of sp³-hybridized carbons (Fsp3) is 0.500. The van der Waals surface area contributed by atoms with Gasteiger partial charge < -0.3 is 15.4 Å². The van der Waals surface area contributed by atoms with E-state index in [1.54, 1.807) is 7.11 Å². The van der Waals surface area contributed by atoms with Crippen LogP contribution in [0.4, 0.5) is 0 Å². The Kier molecular flexibility index (Phi) is 2.47. The Morgan fingerprint density at radius 1 is 1.33 bits per heavy atom. The highest BCUT2D eigenvalue weighted by Crippen LogP contribution is 2.41. The first kappa shape index (κ1) is 11.4. The fourth-order valence-electron chi connectivity index (χ4n) is 2.74. The van der Waals surface area contributed by atoms with Crippen molar-refractivity contribution in [3.05, 3.63) is 29.8 Å². The average molecular weight is 245 g/mol. The van der Waals surface area contributed by atoms with Gasteiger partial charge in [0.1, 0.15) is 5.75 Å². The van der Waals surface area contributed by atoms with Crippen LogP contribution < -0.4 is 10.5 Å². The first-order valence-electron chi connectivity index (χ1n) is 6.39. The summed E-state index contributed by atoms with van der Waals surface area (Å²) in [6, 6.07) is 8.80. The minimum absolute atomic E-state index is 0.0997. The molecule has 0 spiro atoms. The highest BCUT2D eigenvalue weighted by atomic mass is 16.5. The molecule has 1 aromatic carbocycles. The van der Waals surface area contributed by atoms with Crippen molar-refractivity contribution in [3.63, 3.8) is 0 Å². The molecule has 1 aliphatic carbocycles. The van der Waals surface area contributed by atoms with E-state index in [-0.39, 0.29) is 5.54 Å². The molecule has 18 heavy (non-hydrogen) atoms. The topological polar surface area (TPSA) is 50.9 Å². The van der Waals surface area contributed by atoms with Gasteiger partial charge in [0.2, 0.25) is 0 Å². The summed E-state index contributed by atoms with van der Waals surface area (Å²) in [4.78, 5) is 6.73. The molecule has 0 radical (unpaired) electrons. The summed E-state index contributed by atoms with van der Waals surface area (Å²) in [7, 11) is 1.68.